The summed E-state index contributed by atoms with van der Waals surface area (Å²) in [6, 6.07) is 2.72. The van der Waals surface area contributed by atoms with Gasteiger partial charge >= 0.3 is 5.69 Å². The SMILES string of the molecule is Br.O=[N+]([O-])c1c(-c2cnc(NC34CC5CC(CC(C5)C3)C4)s2)ccc(O)c1O. The number of rotatable bonds is 4. The molecule has 150 valence electrons. The van der Waals surface area contributed by atoms with Gasteiger partial charge in [-0.15, -0.1) is 17.0 Å². The molecule has 3 N–H and O–H groups in total. The second kappa shape index (κ2) is 6.88. The number of nitrogens with one attached hydrogen (secondary N) is 1. The van der Waals surface area contributed by atoms with E-state index in [9.17, 15) is 20.3 Å². The molecule has 4 aliphatic rings. The minimum atomic E-state index is -0.707. The highest BCUT2D eigenvalue weighted by atomic mass is 79.9. The summed E-state index contributed by atoms with van der Waals surface area (Å²) >= 11 is 1.36. The minimum absolute atomic E-state index is 0. The number of nitrogens with zero attached hydrogens (tertiary/aromatic N) is 2. The number of anilines is 1. The van der Waals surface area contributed by atoms with Crippen molar-refractivity contribution in [2.24, 2.45) is 17.8 Å². The molecule has 1 aromatic carbocycles. The van der Waals surface area contributed by atoms with Crippen molar-refractivity contribution in [2.75, 3.05) is 5.32 Å². The van der Waals surface area contributed by atoms with Crippen molar-refractivity contribution in [3.8, 4) is 21.9 Å². The van der Waals surface area contributed by atoms with Crippen molar-refractivity contribution in [1.82, 2.24) is 4.98 Å². The maximum Gasteiger partial charge on any atom is 0.323 e. The summed E-state index contributed by atoms with van der Waals surface area (Å²) in [5.74, 6) is 1.25. The van der Waals surface area contributed by atoms with Crippen molar-refractivity contribution < 1.29 is 15.1 Å². The Morgan fingerprint density at radius 2 is 1.75 bits per heavy atom. The molecule has 9 heteroatoms. The second-order valence-corrected chi connectivity index (χ2v) is 9.47. The molecule has 0 unspecified atom stereocenters. The van der Waals surface area contributed by atoms with Crippen LogP contribution in [0.15, 0.2) is 18.3 Å². The standard InChI is InChI=1S/C19H21N3O4S.BrH/c23-14-2-1-13(16(17(14)24)22(25)26)15-9-20-18(27-15)21-19-6-10-3-11(7-19)5-12(4-10)8-19;/h1-2,9-12,23-24H,3-8H2,(H,20,21);1H. The molecule has 7 nitrogen and oxygen atoms in total. The van der Waals surface area contributed by atoms with Crippen LogP contribution >= 0.6 is 28.3 Å². The van der Waals surface area contributed by atoms with Crippen LogP contribution in [0.2, 0.25) is 0 Å². The van der Waals surface area contributed by atoms with Gasteiger partial charge in [0.15, 0.2) is 10.9 Å². The molecular formula is C19H22BrN3O4S. The maximum atomic E-state index is 11.4. The molecule has 0 saturated heterocycles. The van der Waals surface area contributed by atoms with Crippen molar-refractivity contribution >= 4 is 39.1 Å². The summed E-state index contributed by atoms with van der Waals surface area (Å²) in [7, 11) is 0. The lowest BCUT2D eigenvalue weighted by molar-refractivity contribution is -0.385. The zero-order valence-electron chi connectivity index (χ0n) is 15.1. The van der Waals surface area contributed by atoms with Crippen LogP contribution in [0.4, 0.5) is 10.8 Å². The molecule has 1 heterocycles. The highest BCUT2D eigenvalue weighted by molar-refractivity contribution is 8.93. The van der Waals surface area contributed by atoms with Crippen molar-refractivity contribution in [3.63, 3.8) is 0 Å². The van der Waals surface area contributed by atoms with Gasteiger partial charge in [0.25, 0.3) is 0 Å². The fourth-order valence-electron chi connectivity index (χ4n) is 5.90. The molecule has 0 amide bonds. The third kappa shape index (κ3) is 3.14. The summed E-state index contributed by atoms with van der Waals surface area (Å²) in [5, 5.41) is 35.3. The summed E-state index contributed by atoms with van der Waals surface area (Å²) in [6.07, 6.45) is 9.26. The Hall–Kier alpha value is -1.87. The van der Waals surface area contributed by atoms with E-state index in [1.165, 1.54) is 62.0 Å². The monoisotopic (exact) mass is 467 g/mol. The Morgan fingerprint density at radius 1 is 1.14 bits per heavy atom. The van der Waals surface area contributed by atoms with Crippen LogP contribution in [-0.2, 0) is 0 Å². The third-order valence-electron chi connectivity index (χ3n) is 6.49. The zero-order chi connectivity index (χ0) is 18.8. The van der Waals surface area contributed by atoms with E-state index in [4.69, 9.17) is 0 Å². The lowest BCUT2D eigenvalue weighted by atomic mass is 9.53. The van der Waals surface area contributed by atoms with Crippen LogP contribution < -0.4 is 5.32 Å². The van der Waals surface area contributed by atoms with Gasteiger partial charge in [-0.1, -0.05) is 11.3 Å². The number of nitro groups is 1. The lowest BCUT2D eigenvalue weighted by Gasteiger charge is -2.56. The topological polar surface area (TPSA) is 109 Å². The zero-order valence-corrected chi connectivity index (χ0v) is 17.7. The number of hydrogen-bond acceptors (Lipinski definition) is 7. The van der Waals surface area contributed by atoms with Crippen molar-refractivity contribution in [2.45, 2.75) is 44.1 Å². The van der Waals surface area contributed by atoms with Crippen molar-refractivity contribution in [3.05, 3.63) is 28.4 Å². The van der Waals surface area contributed by atoms with Crippen LogP contribution in [0.1, 0.15) is 38.5 Å². The average Bonchev–Trinajstić information content (AvgIpc) is 3.03. The molecule has 4 aliphatic carbocycles. The first-order valence-corrected chi connectivity index (χ1v) is 10.2. The number of nitro benzene ring substituents is 1. The highest BCUT2D eigenvalue weighted by Gasteiger charge is 2.51. The van der Waals surface area contributed by atoms with Gasteiger partial charge in [0, 0.05) is 11.7 Å². The molecule has 2 aromatic rings. The molecule has 1 aromatic heterocycles. The molecule has 0 spiro atoms. The molecule has 0 radical (unpaired) electrons. The Labute approximate surface area is 176 Å². The Kier molecular flexibility index (Phi) is 4.78. The fraction of sp³-hybridized carbons (Fsp3) is 0.526. The van der Waals surface area contributed by atoms with E-state index in [-0.39, 0.29) is 28.1 Å². The largest absolute Gasteiger partial charge is 0.504 e. The first kappa shape index (κ1) is 19.4. The maximum absolute atomic E-state index is 11.4. The van der Waals surface area contributed by atoms with Crippen LogP contribution in [0.5, 0.6) is 11.5 Å². The number of phenolic OH excluding ortho intramolecular Hbond substituents is 2. The molecule has 4 fully saturated rings. The second-order valence-electron chi connectivity index (χ2n) is 8.44. The van der Waals surface area contributed by atoms with E-state index in [0.717, 1.165) is 22.9 Å². The molecular weight excluding hydrogens is 446 g/mol. The number of aromatic hydroxyl groups is 2. The Morgan fingerprint density at radius 3 is 2.32 bits per heavy atom. The summed E-state index contributed by atoms with van der Waals surface area (Å²) in [4.78, 5) is 15.8. The predicted octanol–water partition coefficient (Wildman–Crippen LogP) is 5.09. The number of phenols is 2. The average molecular weight is 468 g/mol. The number of thiazole rings is 1. The summed E-state index contributed by atoms with van der Waals surface area (Å²) < 4.78 is 0. The lowest BCUT2D eigenvalue weighted by Crippen LogP contribution is -2.54. The van der Waals surface area contributed by atoms with Crippen LogP contribution in [0.3, 0.4) is 0 Å². The van der Waals surface area contributed by atoms with Gasteiger partial charge in [0.05, 0.1) is 15.4 Å². The minimum Gasteiger partial charge on any atom is -0.504 e. The summed E-state index contributed by atoms with van der Waals surface area (Å²) in [6.45, 7) is 0. The molecule has 6 rings (SSSR count). The number of aromatic nitrogens is 1. The highest BCUT2D eigenvalue weighted by Crippen LogP contribution is 2.57. The number of hydrogen-bond donors (Lipinski definition) is 3. The van der Waals surface area contributed by atoms with Gasteiger partial charge in [0.1, 0.15) is 0 Å². The van der Waals surface area contributed by atoms with Gasteiger partial charge < -0.3 is 15.5 Å². The van der Waals surface area contributed by atoms with Gasteiger partial charge in [0.2, 0.25) is 5.75 Å². The van der Waals surface area contributed by atoms with E-state index < -0.39 is 22.1 Å². The summed E-state index contributed by atoms with van der Waals surface area (Å²) in [5.41, 5.74) is -0.0984. The fourth-order valence-corrected chi connectivity index (χ4v) is 6.86. The van der Waals surface area contributed by atoms with Gasteiger partial charge in [-0.2, -0.15) is 0 Å². The van der Waals surface area contributed by atoms with Crippen LogP contribution in [0.25, 0.3) is 10.4 Å². The third-order valence-corrected chi connectivity index (χ3v) is 7.44. The Bertz CT molecular complexity index is 897. The normalized spacial score (nSPS) is 30.1. The molecule has 4 saturated carbocycles. The van der Waals surface area contributed by atoms with E-state index in [1.807, 2.05) is 0 Å². The quantitative estimate of drug-likeness (QED) is 0.328. The molecule has 0 atom stereocenters. The first-order chi connectivity index (χ1) is 12.9. The number of benzene rings is 1. The van der Waals surface area contributed by atoms with E-state index in [0.29, 0.717) is 4.88 Å². The van der Waals surface area contributed by atoms with Crippen LogP contribution in [-0.4, -0.2) is 25.7 Å². The van der Waals surface area contributed by atoms with E-state index in [2.05, 4.69) is 10.3 Å². The predicted molar refractivity (Wildman–Crippen MR) is 112 cm³/mol. The number of halogens is 1. The van der Waals surface area contributed by atoms with E-state index in [1.54, 1.807) is 6.20 Å². The first-order valence-electron chi connectivity index (χ1n) is 9.36. The van der Waals surface area contributed by atoms with Crippen molar-refractivity contribution in [1.29, 1.82) is 0 Å². The molecule has 0 aliphatic heterocycles. The van der Waals surface area contributed by atoms with Gasteiger partial charge in [-0.3, -0.25) is 10.1 Å². The smallest absolute Gasteiger partial charge is 0.323 e. The Balaban J connectivity index is 0.00000192. The molecule has 28 heavy (non-hydrogen) atoms. The van der Waals surface area contributed by atoms with E-state index >= 15 is 0 Å². The van der Waals surface area contributed by atoms with Gasteiger partial charge in [-0.05, 0) is 68.4 Å². The van der Waals surface area contributed by atoms with Crippen LogP contribution in [0, 0.1) is 27.9 Å². The van der Waals surface area contributed by atoms with Gasteiger partial charge in [-0.25, -0.2) is 4.98 Å². The molecule has 4 bridgehead atoms.